The van der Waals surface area contributed by atoms with Gasteiger partial charge >= 0.3 is 0 Å². The lowest BCUT2D eigenvalue weighted by Gasteiger charge is -2.36. The summed E-state index contributed by atoms with van der Waals surface area (Å²) in [6, 6.07) is 7.42. The molecule has 0 N–H and O–H groups in total. The summed E-state index contributed by atoms with van der Waals surface area (Å²) < 4.78 is 1.60. The Kier molecular flexibility index (Phi) is 4.70. The summed E-state index contributed by atoms with van der Waals surface area (Å²) in [5, 5.41) is 6.56. The van der Waals surface area contributed by atoms with Crippen molar-refractivity contribution in [2.45, 2.75) is 38.6 Å². The molecule has 1 amide bonds. The number of piperidine rings is 1. The van der Waals surface area contributed by atoms with E-state index in [9.17, 15) is 9.59 Å². The second-order valence-electron chi connectivity index (χ2n) is 7.11. The number of aromatic nitrogens is 2. The van der Waals surface area contributed by atoms with Crippen LogP contribution in [0, 0.1) is 11.8 Å². The summed E-state index contributed by atoms with van der Waals surface area (Å²) in [6.07, 6.45) is 5.23. The maximum absolute atomic E-state index is 12.3. The molecule has 2 aromatic rings. The largest absolute Gasteiger partial charge is 0.342 e. The smallest absolute Gasteiger partial charge is 0.266 e. The molecule has 2 aliphatic rings. The van der Waals surface area contributed by atoms with Gasteiger partial charge < -0.3 is 4.90 Å². The number of hydrogen-bond donors (Lipinski definition) is 0. The van der Waals surface area contributed by atoms with Crippen LogP contribution in [0.25, 0.3) is 10.6 Å². The van der Waals surface area contributed by atoms with Crippen LogP contribution in [0.5, 0.6) is 0 Å². The summed E-state index contributed by atoms with van der Waals surface area (Å²) >= 11 is 1.63. The van der Waals surface area contributed by atoms with Gasteiger partial charge in [0.1, 0.15) is 5.69 Å². The van der Waals surface area contributed by atoms with Crippen molar-refractivity contribution in [3.8, 4) is 10.6 Å². The molecule has 5 nitrogen and oxygen atoms in total. The second-order valence-corrected chi connectivity index (χ2v) is 8.06. The van der Waals surface area contributed by atoms with Crippen LogP contribution in [0.15, 0.2) is 34.4 Å². The van der Waals surface area contributed by atoms with Crippen LogP contribution in [-0.2, 0) is 11.3 Å². The van der Waals surface area contributed by atoms with E-state index in [0.717, 1.165) is 49.3 Å². The molecule has 1 aliphatic heterocycles. The first-order valence-electron chi connectivity index (χ1n) is 9.11. The van der Waals surface area contributed by atoms with Gasteiger partial charge in [0.2, 0.25) is 5.91 Å². The Hall–Kier alpha value is -1.95. The van der Waals surface area contributed by atoms with E-state index in [1.54, 1.807) is 28.2 Å². The van der Waals surface area contributed by atoms with Crippen LogP contribution < -0.4 is 5.56 Å². The average molecular weight is 357 g/mol. The topological polar surface area (TPSA) is 55.2 Å². The predicted molar refractivity (Wildman–Crippen MR) is 98.5 cm³/mol. The monoisotopic (exact) mass is 357 g/mol. The Morgan fingerprint density at radius 2 is 1.96 bits per heavy atom. The number of amides is 1. The van der Waals surface area contributed by atoms with Gasteiger partial charge in [0.05, 0.1) is 4.88 Å². The fourth-order valence-electron chi connectivity index (χ4n) is 3.63. The highest BCUT2D eigenvalue weighted by Crippen LogP contribution is 2.30. The highest BCUT2D eigenvalue weighted by Gasteiger charge is 2.31. The first-order chi connectivity index (χ1) is 12.2. The van der Waals surface area contributed by atoms with E-state index < -0.39 is 0 Å². The van der Waals surface area contributed by atoms with E-state index in [1.807, 2.05) is 22.4 Å². The van der Waals surface area contributed by atoms with Gasteiger partial charge in [0, 0.05) is 31.6 Å². The first-order valence-corrected chi connectivity index (χ1v) is 9.99. The van der Waals surface area contributed by atoms with Gasteiger partial charge in [-0.15, -0.1) is 11.3 Å². The normalized spacial score (nSPS) is 19.0. The van der Waals surface area contributed by atoms with Gasteiger partial charge in [-0.25, -0.2) is 4.68 Å². The molecule has 4 rings (SSSR count). The molecular weight excluding hydrogens is 334 g/mol. The first kappa shape index (κ1) is 16.5. The Labute approximate surface area is 151 Å². The Morgan fingerprint density at radius 3 is 2.60 bits per heavy atom. The molecular formula is C19H23N3O2S. The van der Waals surface area contributed by atoms with Crippen LogP contribution in [0.2, 0.25) is 0 Å². The number of thiophene rings is 1. The van der Waals surface area contributed by atoms with E-state index in [4.69, 9.17) is 0 Å². The third kappa shape index (κ3) is 3.54. The Morgan fingerprint density at radius 1 is 1.16 bits per heavy atom. The second kappa shape index (κ2) is 7.12. The molecule has 1 saturated carbocycles. The average Bonchev–Trinajstić information content (AvgIpc) is 3.10. The van der Waals surface area contributed by atoms with Gasteiger partial charge in [-0.3, -0.25) is 9.59 Å². The summed E-state index contributed by atoms with van der Waals surface area (Å²) in [5.74, 6) is 1.04. The van der Waals surface area contributed by atoms with E-state index in [-0.39, 0.29) is 11.5 Å². The third-order valence-corrected chi connectivity index (χ3v) is 6.34. The van der Waals surface area contributed by atoms with Crippen molar-refractivity contribution in [2.75, 3.05) is 13.1 Å². The number of hydrogen-bond acceptors (Lipinski definition) is 4. The molecule has 0 spiro atoms. The zero-order valence-corrected chi connectivity index (χ0v) is 15.1. The molecule has 0 radical (unpaired) electrons. The number of carbonyl (C=O) groups is 1. The van der Waals surface area contributed by atoms with Crippen molar-refractivity contribution in [1.82, 2.24) is 14.7 Å². The summed E-state index contributed by atoms with van der Waals surface area (Å²) in [6.45, 7) is 2.28. The van der Waals surface area contributed by atoms with E-state index >= 15 is 0 Å². The van der Waals surface area contributed by atoms with E-state index in [1.165, 1.54) is 6.42 Å². The van der Waals surface area contributed by atoms with Gasteiger partial charge in [-0.1, -0.05) is 12.5 Å². The standard InChI is InChI=1S/C19H23N3O2S/c23-18-7-6-16(17-5-2-12-25-17)20-22(18)13-14-8-10-21(11-9-14)19(24)15-3-1-4-15/h2,5-7,12,14-15H,1,3-4,8-11,13H2. The molecule has 132 valence electrons. The van der Waals surface area contributed by atoms with Crippen LogP contribution in [0.3, 0.4) is 0 Å². The van der Waals surface area contributed by atoms with Crippen molar-refractivity contribution in [3.05, 3.63) is 40.0 Å². The number of carbonyl (C=O) groups excluding carboxylic acids is 1. The SMILES string of the molecule is O=C(C1CCC1)N1CCC(Cn2nc(-c3cccs3)ccc2=O)CC1. The summed E-state index contributed by atoms with van der Waals surface area (Å²) in [4.78, 5) is 27.6. The lowest BCUT2D eigenvalue weighted by Crippen LogP contribution is -2.44. The van der Waals surface area contributed by atoms with E-state index in [2.05, 4.69) is 5.10 Å². The van der Waals surface area contributed by atoms with Crippen LogP contribution in [-0.4, -0.2) is 33.7 Å². The van der Waals surface area contributed by atoms with Crippen molar-refractivity contribution in [1.29, 1.82) is 0 Å². The molecule has 3 heterocycles. The Bertz CT molecular complexity index is 787. The number of nitrogens with zero attached hydrogens (tertiary/aromatic N) is 3. The van der Waals surface area contributed by atoms with Crippen molar-refractivity contribution in [3.63, 3.8) is 0 Å². The van der Waals surface area contributed by atoms with Crippen LogP contribution >= 0.6 is 11.3 Å². The zero-order chi connectivity index (χ0) is 17.2. The van der Waals surface area contributed by atoms with Gasteiger partial charge in [0.15, 0.2) is 0 Å². The summed E-state index contributed by atoms with van der Waals surface area (Å²) in [7, 11) is 0. The van der Waals surface area contributed by atoms with Gasteiger partial charge in [-0.05, 0) is 49.1 Å². The molecule has 2 aromatic heterocycles. The minimum absolute atomic E-state index is 0.0479. The molecule has 25 heavy (non-hydrogen) atoms. The number of rotatable bonds is 4. The molecule has 0 bridgehead atoms. The van der Waals surface area contributed by atoms with Crippen molar-refractivity contribution < 1.29 is 4.79 Å². The zero-order valence-electron chi connectivity index (χ0n) is 14.3. The summed E-state index contributed by atoms with van der Waals surface area (Å²) in [5.41, 5.74) is 0.806. The minimum Gasteiger partial charge on any atom is -0.342 e. The maximum atomic E-state index is 12.3. The quantitative estimate of drug-likeness (QED) is 0.845. The molecule has 0 aromatic carbocycles. The maximum Gasteiger partial charge on any atom is 0.266 e. The highest BCUT2D eigenvalue weighted by atomic mass is 32.1. The fraction of sp³-hybridized carbons (Fsp3) is 0.526. The molecule has 1 aliphatic carbocycles. The molecule has 1 saturated heterocycles. The lowest BCUT2D eigenvalue weighted by molar-refractivity contribution is -0.139. The molecule has 6 heteroatoms. The predicted octanol–water partition coefficient (Wildman–Crippen LogP) is 3.01. The highest BCUT2D eigenvalue weighted by molar-refractivity contribution is 7.13. The molecule has 0 atom stereocenters. The molecule has 2 fully saturated rings. The minimum atomic E-state index is -0.0479. The van der Waals surface area contributed by atoms with Gasteiger partial charge in [0.25, 0.3) is 5.56 Å². The third-order valence-electron chi connectivity index (χ3n) is 5.45. The van der Waals surface area contributed by atoms with Crippen molar-refractivity contribution >= 4 is 17.2 Å². The lowest BCUT2D eigenvalue weighted by atomic mass is 9.83. The van der Waals surface area contributed by atoms with E-state index in [0.29, 0.717) is 18.4 Å². The number of likely N-dealkylation sites (tertiary alicyclic amines) is 1. The van der Waals surface area contributed by atoms with Gasteiger partial charge in [-0.2, -0.15) is 5.10 Å². The fourth-order valence-corrected chi connectivity index (χ4v) is 4.32. The molecule has 0 unspecified atom stereocenters. The van der Waals surface area contributed by atoms with Crippen LogP contribution in [0.4, 0.5) is 0 Å². The van der Waals surface area contributed by atoms with Crippen molar-refractivity contribution in [2.24, 2.45) is 11.8 Å². The Balaban J connectivity index is 1.39. The van der Waals surface area contributed by atoms with Crippen LogP contribution in [0.1, 0.15) is 32.1 Å².